The van der Waals surface area contributed by atoms with E-state index in [4.69, 9.17) is 25.3 Å². The molecule has 2 aromatic carbocycles. The van der Waals surface area contributed by atoms with Crippen molar-refractivity contribution in [3.63, 3.8) is 0 Å². The van der Waals surface area contributed by atoms with Crippen LogP contribution >= 0.6 is 0 Å². The van der Waals surface area contributed by atoms with Crippen LogP contribution in [0.5, 0.6) is 0 Å². The molecule has 5 rings (SSSR count). The van der Waals surface area contributed by atoms with Gasteiger partial charge in [0.25, 0.3) is 11.6 Å². The van der Waals surface area contributed by atoms with E-state index < -0.39 is 4.92 Å². The van der Waals surface area contributed by atoms with Crippen LogP contribution < -0.4 is 10.2 Å². The van der Waals surface area contributed by atoms with E-state index in [9.17, 15) is 19.7 Å². The number of nitrogens with one attached hydrogen (secondary N) is 1. The number of ketones is 1. The van der Waals surface area contributed by atoms with Crippen LogP contribution in [0, 0.1) is 10.1 Å². The molecule has 0 aromatic heterocycles. The molecular weight excluding hydrogens is 669 g/mol. The van der Waals surface area contributed by atoms with E-state index in [1.165, 1.54) is 12.1 Å². The van der Waals surface area contributed by atoms with Crippen molar-refractivity contribution in [1.82, 2.24) is 10.2 Å². The minimum absolute atomic E-state index is 0. The van der Waals surface area contributed by atoms with Gasteiger partial charge in [-0.1, -0.05) is 12.1 Å². The molecule has 1 aliphatic carbocycles. The van der Waals surface area contributed by atoms with Gasteiger partial charge in [-0.2, -0.15) is 0 Å². The largest absolute Gasteiger partial charge is 0.800 e. The Labute approximate surface area is 228 Å². The summed E-state index contributed by atoms with van der Waals surface area (Å²) in [6, 6.07) is 13.7. The van der Waals surface area contributed by atoms with E-state index in [0.717, 1.165) is 37.4 Å². The predicted octanol–water partition coefficient (Wildman–Crippen LogP) is 2.36. The number of nitro groups is 1. The number of carbonyl (C=O) groups is 2. The molecule has 1 saturated heterocycles. The van der Waals surface area contributed by atoms with Crippen LogP contribution in [0.2, 0.25) is 0 Å². The van der Waals surface area contributed by atoms with Crippen molar-refractivity contribution in [2.24, 2.45) is 0 Å². The van der Waals surface area contributed by atoms with Gasteiger partial charge in [-0.25, -0.2) is 4.71 Å². The van der Waals surface area contributed by atoms with Crippen LogP contribution in [0.4, 0.5) is 11.4 Å². The van der Waals surface area contributed by atoms with Gasteiger partial charge in [0.1, 0.15) is 0 Å². The van der Waals surface area contributed by atoms with Crippen molar-refractivity contribution in [3.8, 4) is 0 Å². The summed E-state index contributed by atoms with van der Waals surface area (Å²) in [4.78, 5) is 40.6. The average Bonchev–Trinajstić information content (AvgIpc) is 3.37. The first-order chi connectivity index (χ1) is 16.3. The molecule has 8 nitrogen and oxygen atoms in total. The maximum Gasteiger partial charge on any atom is 0.269 e. The second-order valence-corrected chi connectivity index (χ2v) is 9.53. The Morgan fingerprint density at radius 2 is 1.49 bits per heavy atom. The van der Waals surface area contributed by atoms with Gasteiger partial charge >= 0.3 is 0 Å². The maximum absolute atomic E-state index is 12.9. The van der Waals surface area contributed by atoms with E-state index in [2.05, 4.69) is 15.1 Å². The molecule has 1 fully saturated rings. The van der Waals surface area contributed by atoms with Crippen molar-refractivity contribution < 1.29 is 36.9 Å². The number of nitrogens with zero attached hydrogens (tertiary/aromatic N) is 3. The minimum Gasteiger partial charge on any atom is -0.800 e. The molecule has 0 spiro atoms. The van der Waals surface area contributed by atoms with Gasteiger partial charge in [0.05, 0.1) is 21.8 Å². The number of hydrogen-bond acceptors (Lipinski definition) is 8. The van der Waals surface area contributed by atoms with Gasteiger partial charge in [0.15, 0.2) is 5.78 Å². The van der Waals surface area contributed by atoms with Crippen molar-refractivity contribution in [2.75, 3.05) is 31.1 Å². The zero-order valence-corrected chi connectivity index (χ0v) is 22.1. The molecule has 2 aromatic rings. The number of nitro benzene ring substituents is 1. The summed E-state index contributed by atoms with van der Waals surface area (Å²) >= 11 is 10.3. The molecular formula is C24H20AuN4O4S2-2. The molecule has 1 N–H and O–H groups in total. The number of rotatable bonds is 5. The molecule has 0 saturated carbocycles. The second-order valence-electron chi connectivity index (χ2n) is 8.34. The molecule has 35 heavy (non-hydrogen) atoms. The first-order valence-electron chi connectivity index (χ1n) is 10.8. The standard InChI is InChI=1S/C24H22N4O4S2.Au/c29-19-13-18(14-1-7-17(8-2-14)28(31)32)20-21(19)22(25-23(20)30)15-3-5-16(6-4-15)26-9-11-27(12-10-26)24(33)34;/h1-8,24,33-34H,9-13H2,(H,25,30);/p-2. The minimum atomic E-state index is -0.480. The van der Waals surface area contributed by atoms with Gasteiger partial charge in [0, 0.05) is 72.8 Å². The number of piperazine rings is 1. The van der Waals surface area contributed by atoms with Crippen LogP contribution in [0.1, 0.15) is 17.5 Å². The number of hydrogen-bond donors (Lipinski definition) is 1. The molecule has 0 unspecified atom stereocenters. The monoisotopic (exact) mass is 689 g/mol. The van der Waals surface area contributed by atoms with Gasteiger partial charge in [-0.15, -0.1) is 0 Å². The summed E-state index contributed by atoms with van der Waals surface area (Å²) in [5.41, 5.74) is 4.27. The smallest absolute Gasteiger partial charge is 0.269 e. The van der Waals surface area contributed by atoms with Crippen molar-refractivity contribution in [2.45, 2.75) is 11.1 Å². The van der Waals surface area contributed by atoms with E-state index in [-0.39, 0.29) is 50.9 Å². The molecule has 2 aliphatic heterocycles. The summed E-state index contributed by atoms with van der Waals surface area (Å²) in [5.74, 6) is -0.467. The quantitative estimate of drug-likeness (QED) is 0.222. The fraction of sp³-hybridized carbons (Fsp3) is 0.250. The number of fused-ring (bicyclic) bond motifs is 1. The predicted molar refractivity (Wildman–Crippen MR) is 133 cm³/mol. The number of benzene rings is 2. The number of anilines is 1. The molecule has 185 valence electrons. The van der Waals surface area contributed by atoms with Crippen LogP contribution in [0.25, 0.3) is 11.3 Å². The summed E-state index contributed by atoms with van der Waals surface area (Å²) < 4.78 is -0.286. The molecule has 1 radical (unpaired) electrons. The van der Waals surface area contributed by atoms with Gasteiger partial charge < -0.3 is 40.4 Å². The zero-order chi connectivity index (χ0) is 24.0. The van der Waals surface area contributed by atoms with Gasteiger partial charge in [-0.05, 0) is 41.0 Å². The van der Waals surface area contributed by atoms with Crippen LogP contribution in [0.15, 0.2) is 59.7 Å². The number of allylic oxidation sites excluding steroid dienone is 1. The third-order valence-corrected chi connectivity index (χ3v) is 7.04. The fourth-order valence-corrected chi connectivity index (χ4v) is 5.08. The van der Waals surface area contributed by atoms with Crippen molar-refractivity contribution >= 4 is 59.6 Å². The molecule has 2 heterocycles. The fourth-order valence-electron chi connectivity index (χ4n) is 4.66. The second kappa shape index (κ2) is 10.3. The third-order valence-electron chi connectivity index (χ3n) is 6.44. The van der Waals surface area contributed by atoms with Crippen molar-refractivity contribution in [1.29, 1.82) is 0 Å². The SMILES string of the molecule is O=C1CC(c2ccc([N+](=O)[O-])cc2)=C2C(=O)NC(c3ccc(N4CCN(C([S-])[S-])CC4)cc3)=C12.[Au]. The number of carbonyl (C=O) groups excluding carboxylic acids is 2. The van der Waals surface area contributed by atoms with E-state index in [1.54, 1.807) is 12.1 Å². The summed E-state index contributed by atoms with van der Waals surface area (Å²) in [5, 5.41) is 13.8. The maximum atomic E-state index is 12.9. The average molecular weight is 690 g/mol. The molecule has 1 amide bonds. The Balaban J connectivity index is 0.00000289. The zero-order valence-electron chi connectivity index (χ0n) is 18.3. The van der Waals surface area contributed by atoms with Crippen LogP contribution in [-0.2, 0) is 57.2 Å². The van der Waals surface area contributed by atoms with Crippen molar-refractivity contribution in [3.05, 3.63) is 80.9 Å². The number of amides is 1. The molecule has 0 atom stereocenters. The van der Waals surface area contributed by atoms with E-state index in [1.807, 2.05) is 24.3 Å². The summed E-state index contributed by atoms with van der Waals surface area (Å²) in [6.07, 6.45) is 0.0917. The third kappa shape index (κ3) is 4.87. The van der Waals surface area contributed by atoms with Gasteiger partial charge in [-0.3, -0.25) is 19.7 Å². The van der Waals surface area contributed by atoms with E-state index in [0.29, 0.717) is 28.0 Å². The molecule has 3 aliphatic rings. The number of non-ortho nitro benzene ring substituents is 1. The molecule has 0 bridgehead atoms. The number of Topliss-reactive ketones (excluding diaryl/α,β-unsaturated/α-hetero) is 1. The van der Waals surface area contributed by atoms with Crippen LogP contribution in [-0.4, -0.2) is 52.4 Å². The summed E-state index contributed by atoms with van der Waals surface area (Å²) in [7, 11) is 0. The topological polar surface area (TPSA) is 95.8 Å². The molecule has 11 heteroatoms. The first-order valence-corrected chi connectivity index (χ1v) is 11.8. The normalized spacial score (nSPS) is 18.2. The summed E-state index contributed by atoms with van der Waals surface area (Å²) in [6.45, 7) is 3.30. The Morgan fingerprint density at radius 3 is 2.06 bits per heavy atom. The Morgan fingerprint density at radius 1 is 0.886 bits per heavy atom. The Bertz CT molecular complexity index is 1250. The van der Waals surface area contributed by atoms with Gasteiger partial charge in [0.2, 0.25) is 0 Å². The Hall–Kier alpha value is -2.34. The van der Waals surface area contributed by atoms with E-state index >= 15 is 0 Å². The Kier molecular flexibility index (Phi) is 7.60. The first kappa shape index (κ1) is 25.7. The van der Waals surface area contributed by atoms with Crippen LogP contribution in [0.3, 0.4) is 0 Å².